The summed E-state index contributed by atoms with van der Waals surface area (Å²) in [5.41, 5.74) is 0. The van der Waals surface area contributed by atoms with E-state index in [0.717, 1.165) is 0 Å². The Morgan fingerprint density at radius 2 is 0.800 bits per heavy atom. The smallest absolute Gasteiger partial charge is 0 e. The summed E-state index contributed by atoms with van der Waals surface area (Å²) in [4.78, 5) is 0. The van der Waals surface area contributed by atoms with Crippen LogP contribution in [0, 0.1) is 0 Å². The van der Waals surface area contributed by atoms with Gasteiger partial charge in [-0.2, -0.15) is 0 Å². The van der Waals surface area contributed by atoms with Gasteiger partial charge in [-0.1, -0.05) is 0 Å². The van der Waals surface area contributed by atoms with Crippen molar-refractivity contribution in [2.24, 2.45) is 0 Å². The number of hydrogen-bond donors (Lipinski definition) is 0. The fraction of sp³-hybridized carbons (Fsp3) is 0. The average Bonchev–Trinajstić information content (AvgIpc) is 0. The van der Waals surface area contributed by atoms with Gasteiger partial charge in [0.25, 0.3) is 0 Å². The van der Waals surface area contributed by atoms with Crippen LogP contribution in [0.5, 0.6) is 0 Å². The molecule has 0 spiro atoms. The quantitative estimate of drug-likeness (QED) is 0.367. The van der Waals surface area contributed by atoms with E-state index < -0.39 is 0 Å². The predicted molar refractivity (Wildman–Crippen MR) is 11.5 cm³/mol. The molecule has 0 rings (SSSR count). The second-order valence-electron chi connectivity index (χ2n) is 0. The molecule has 5 heavy (non-hydrogen) atoms. The Balaban J connectivity index is 0. The first kappa shape index (κ1) is 39.0. The summed E-state index contributed by atoms with van der Waals surface area (Å²) < 4.78 is 0. The fourth-order valence-corrected chi connectivity index (χ4v) is 0. The Morgan fingerprint density at radius 3 is 0.800 bits per heavy atom. The molecule has 0 fully saturated rings. The molecule has 5 heteroatoms. The van der Waals surface area contributed by atoms with Crippen LogP contribution in [0.25, 0.3) is 0 Å². The van der Waals surface area contributed by atoms with E-state index in [2.05, 4.69) is 0 Å². The van der Waals surface area contributed by atoms with Gasteiger partial charge in [0.2, 0.25) is 0 Å². The van der Waals surface area contributed by atoms with E-state index in [1.807, 2.05) is 0 Å². The maximum absolute atomic E-state index is 0. The first-order valence-electron chi connectivity index (χ1n) is 0. The summed E-state index contributed by atoms with van der Waals surface area (Å²) in [7, 11) is 0. The van der Waals surface area contributed by atoms with Crippen molar-refractivity contribution in [1.29, 1.82) is 0 Å². The monoisotopic (exact) mass is 520 g/mol. The van der Waals surface area contributed by atoms with E-state index in [4.69, 9.17) is 0 Å². The van der Waals surface area contributed by atoms with E-state index in [1.54, 1.807) is 0 Å². The van der Waals surface area contributed by atoms with Crippen LogP contribution >= 0.6 is 0 Å². The van der Waals surface area contributed by atoms with Gasteiger partial charge in [-0.3, -0.25) is 0 Å². The predicted octanol–water partition coefficient (Wildman–Crippen LogP) is -0.769. The molecule has 0 amide bonds. The molecule has 0 N–H and O–H groups in total. The van der Waals surface area contributed by atoms with Crippen molar-refractivity contribution in [2.45, 2.75) is 0 Å². The zero-order valence-corrected chi connectivity index (χ0v) is 16.0. The molecule has 0 unspecified atom stereocenters. The van der Waals surface area contributed by atoms with Gasteiger partial charge in [0, 0.05) is 108 Å². The summed E-state index contributed by atoms with van der Waals surface area (Å²) in [6.07, 6.45) is 0. The minimum Gasteiger partial charge on any atom is 0 e. The van der Waals surface area contributed by atoms with Gasteiger partial charge in [0.05, 0.1) is 0 Å². The van der Waals surface area contributed by atoms with Crippen molar-refractivity contribution in [1.82, 2.24) is 0 Å². The fourth-order valence-electron chi connectivity index (χ4n) is 0. The maximum Gasteiger partial charge on any atom is 0 e. The molecule has 24 valence electrons. The van der Waals surface area contributed by atoms with Crippen molar-refractivity contribution in [3.63, 3.8) is 0 Å². The Kier molecular flexibility index (Phi) is 202. The standard InChI is InChI=1S/Cu.Pb.Sb.2Zn. The zero-order valence-electron chi connectivity index (χ0n) is 2.66. The van der Waals surface area contributed by atoms with Gasteiger partial charge in [-0.15, -0.1) is 0 Å². The van der Waals surface area contributed by atoms with E-state index in [9.17, 15) is 0 Å². The molecule has 0 heterocycles. The molecule has 0 aliphatic rings. The minimum atomic E-state index is 0. The Labute approximate surface area is 106 Å². The third kappa shape index (κ3) is 18.5. The molecular formula is CuPbSbZn2. The van der Waals surface area contributed by atoms with Gasteiger partial charge >= 0.3 is 0 Å². The average molecular weight is 523 g/mol. The normalized spacial score (nSPS) is 0. The first-order chi connectivity index (χ1) is 0. The molecule has 0 aliphatic heterocycles. The van der Waals surface area contributed by atoms with Crippen LogP contribution in [0.15, 0.2) is 0 Å². The van der Waals surface area contributed by atoms with E-state index in [-0.39, 0.29) is 108 Å². The second kappa shape index (κ2) is 25.8. The van der Waals surface area contributed by atoms with Crippen LogP contribution in [0.3, 0.4) is 0 Å². The van der Waals surface area contributed by atoms with Crippen LogP contribution in [-0.2, 0) is 56.0 Å². The molecule has 0 bridgehead atoms. The molecular weight excluding hydrogens is 523 g/mol. The molecule has 0 aromatic heterocycles. The van der Waals surface area contributed by atoms with Gasteiger partial charge in [-0.25, -0.2) is 0 Å². The van der Waals surface area contributed by atoms with Gasteiger partial charge in [0.15, 0.2) is 0 Å². The van der Waals surface area contributed by atoms with E-state index >= 15 is 0 Å². The van der Waals surface area contributed by atoms with Crippen molar-refractivity contribution >= 4 is 51.7 Å². The zero-order chi connectivity index (χ0) is 0. The third-order valence-corrected chi connectivity index (χ3v) is 0. The molecule has 0 aliphatic carbocycles. The van der Waals surface area contributed by atoms with Gasteiger partial charge in [-0.05, 0) is 0 Å². The molecule has 0 saturated heterocycles. The van der Waals surface area contributed by atoms with Crippen LogP contribution in [0.4, 0.5) is 0 Å². The molecule has 0 nitrogen and oxygen atoms in total. The number of hydrogen-bond acceptors (Lipinski definition) is 0. The van der Waals surface area contributed by atoms with E-state index in [0.29, 0.717) is 0 Å². The largest absolute Gasteiger partial charge is 0 e. The summed E-state index contributed by atoms with van der Waals surface area (Å²) in [6.45, 7) is 0. The molecule has 0 aromatic rings. The molecule has 0 atom stereocenters. The summed E-state index contributed by atoms with van der Waals surface area (Å²) >= 11 is 0. The SMILES string of the molecule is [Cu].[Pb].[Sb].[Zn].[Zn]. The summed E-state index contributed by atoms with van der Waals surface area (Å²) in [5.74, 6) is 0. The summed E-state index contributed by atoms with van der Waals surface area (Å²) in [6, 6.07) is 0. The van der Waals surface area contributed by atoms with Crippen LogP contribution in [0.1, 0.15) is 0 Å². The maximum atomic E-state index is 0. The third-order valence-electron chi connectivity index (χ3n) is 0. The summed E-state index contributed by atoms with van der Waals surface area (Å²) in [5, 5.41) is 0. The van der Waals surface area contributed by atoms with Crippen molar-refractivity contribution < 1.29 is 56.0 Å². The molecule has 0 saturated carbocycles. The van der Waals surface area contributed by atoms with Crippen LogP contribution in [-0.4, -0.2) is 51.7 Å². The minimum absolute atomic E-state index is 0. The topological polar surface area (TPSA) is 0 Å². The van der Waals surface area contributed by atoms with Gasteiger partial charge in [0.1, 0.15) is 0 Å². The Hall–Kier alpha value is 3.51. The number of rotatable bonds is 0. The van der Waals surface area contributed by atoms with Crippen molar-refractivity contribution in [2.75, 3.05) is 0 Å². The van der Waals surface area contributed by atoms with Crippen molar-refractivity contribution in [3.8, 4) is 0 Å². The van der Waals surface area contributed by atoms with Gasteiger partial charge < -0.3 is 0 Å². The second-order valence-corrected chi connectivity index (χ2v) is 0. The van der Waals surface area contributed by atoms with Crippen LogP contribution < -0.4 is 0 Å². The molecule has 8 radical (unpaired) electrons. The molecule has 0 aromatic carbocycles. The first-order valence-corrected chi connectivity index (χ1v) is 0. The van der Waals surface area contributed by atoms with E-state index in [1.165, 1.54) is 0 Å². The van der Waals surface area contributed by atoms with Crippen molar-refractivity contribution in [3.05, 3.63) is 0 Å². The Bertz CT molecular complexity index is 9.61. The Morgan fingerprint density at radius 1 is 0.800 bits per heavy atom. The van der Waals surface area contributed by atoms with Crippen LogP contribution in [0.2, 0.25) is 0 Å².